The van der Waals surface area contributed by atoms with Crippen LogP contribution in [0.3, 0.4) is 0 Å². The second-order valence-corrected chi connectivity index (χ2v) is 11.9. The summed E-state index contributed by atoms with van der Waals surface area (Å²) in [4.78, 5) is 36.6. The first kappa shape index (κ1) is 27.6. The van der Waals surface area contributed by atoms with Crippen molar-refractivity contribution in [3.63, 3.8) is 0 Å². The van der Waals surface area contributed by atoms with Crippen molar-refractivity contribution < 1.29 is 18.0 Å². The number of carbonyl (C=O) groups is 2. The number of nitrogens with zero attached hydrogens (tertiary/aromatic N) is 4. The zero-order valence-electron chi connectivity index (χ0n) is 20.8. The van der Waals surface area contributed by atoms with E-state index in [4.69, 9.17) is 11.6 Å². The maximum absolute atomic E-state index is 13.8. The number of benzene rings is 2. The molecule has 0 atom stereocenters. The van der Waals surface area contributed by atoms with E-state index in [9.17, 15) is 18.0 Å². The van der Waals surface area contributed by atoms with Gasteiger partial charge in [0.25, 0.3) is 11.8 Å². The molecule has 0 saturated carbocycles. The first-order valence-electron chi connectivity index (χ1n) is 11.7. The molecule has 0 aliphatic heterocycles. The molecule has 12 heteroatoms. The maximum atomic E-state index is 13.8. The summed E-state index contributed by atoms with van der Waals surface area (Å²) in [6.45, 7) is 0.568. The average molecular weight is 572 g/mol. The third-order valence-corrected chi connectivity index (χ3v) is 8.18. The van der Waals surface area contributed by atoms with Crippen molar-refractivity contribution in [3.8, 4) is 0 Å². The van der Waals surface area contributed by atoms with E-state index in [1.54, 1.807) is 17.0 Å². The molecule has 2 aromatic carbocycles. The van der Waals surface area contributed by atoms with Gasteiger partial charge in [0.05, 0.1) is 17.6 Å². The van der Waals surface area contributed by atoms with Gasteiger partial charge in [0, 0.05) is 31.4 Å². The molecule has 0 aliphatic carbocycles. The number of para-hydroxylation sites is 1. The molecule has 198 valence electrons. The molecular formula is C26H26ClN5O4S2. The summed E-state index contributed by atoms with van der Waals surface area (Å²) >= 11 is 7.42. The highest BCUT2D eigenvalue weighted by Gasteiger charge is 2.23. The van der Waals surface area contributed by atoms with Crippen LogP contribution in [0.5, 0.6) is 0 Å². The zero-order valence-corrected chi connectivity index (χ0v) is 23.2. The predicted octanol–water partition coefficient (Wildman–Crippen LogP) is 4.16. The second-order valence-electron chi connectivity index (χ2n) is 8.67. The van der Waals surface area contributed by atoms with Gasteiger partial charge in [-0.2, -0.15) is 12.7 Å². The topological polar surface area (TPSA) is 113 Å². The largest absolute Gasteiger partial charge is 0.332 e. The number of halogens is 1. The molecule has 4 rings (SSSR count). The van der Waals surface area contributed by atoms with Crippen molar-refractivity contribution in [1.29, 1.82) is 0 Å². The van der Waals surface area contributed by atoms with Gasteiger partial charge in [0.15, 0.2) is 0 Å². The molecule has 0 fully saturated rings. The van der Waals surface area contributed by atoms with Gasteiger partial charge in [-0.3, -0.25) is 9.59 Å². The number of nitrogens with one attached hydrogen (secondary N) is 1. The van der Waals surface area contributed by atoms with Crippen LogP contribution < -0.4 is 4.72 Å². The van der Waals surface area contributed by atoms with Crippen molar-refractivity contribution in [3.05, 3.63) is 93.0 Å². The van der Waals surface area contributed by atoms with Crippen LogP contribution in [0, 0.1) is 0 Å². The van der Waals surface area contributed by atoms with Crippen molar-refractivity contribution in [2.45, 2.75) is 19.4 Å². The monoisotopic (exact) mass is 571 g/mol. The van der Waals surface area contributed by atoms with Crippen LogP contribution in [-0.4, -0.2) is 60.0 Å². The van der Waals surface area contributed by atoms with Gasteiger partial charge in [-0.25, -0.2) is 14.7 Å². The van der Waals surface area contributed by atoms with E-state index in [2.05, 4.69) is 9.97 Å². The molecule has 4 aromatic rings. The normalized spacial score (nSPS) is 11.6. The van der Waals surface area contributed by atoms with Crippen LogP contribution in [0.25, 0.3) is 10.9 Å². The fraction of sp³-hybridized carbons (Fsp3) is 0.231. The lowest BCUT2D eigenvalue weighted by atomic mass is 10.1. The second kappa shape index (κ2) is 12.0. The molecule has 0 bridgehead atoms. The summed E-state index contributed by atoms with van der Waals surface area (Å²) in [7, 11) is -1.33. The third kappa shape index (κ3) is 6.73. The number of amides is 2. The number of fused-ring (bicyclic) bond motifs is 1. The molecule has 0 unspecified atom stereocenters. The Bertz CT molecular complexity index is 1560. The van der Waals surface area contributed by atoms with Gasteiger partial charge in [-0.05, 0) is 30.5 Å². The minimum atomic E-state index is -3.96. The van der Waals surface area contributed by atoms with Crippen molar-refractivity contribution in [2.75, 3.05) is 20.6 Å². The summed E-state index contributed by atoms with van der Waals surface area (Å²) in [5.74, 6) is -1.08. The molecule has 2 aromatic heterocycles. The first-order valence-corrected chi connectivity index (χ1v) is 14.4. The highest BCUT2D eigenvalue weighted by atomic mass is 35.5. The Labute approximate surface area is 230 Å². The Morgan fingerprint density at radius 1 is 1.03 bits per heavy atom. The molecule has 0 spiro atoms. The van der Waals surface area contributed by atoms with Crippen LogP contribution in [0.15, 0.2) is 66.0 Å². The average Bonchev–Trinajstić information content (AvgIpc) is 3.36. The summed E-state index contributed by atoms with van der Waals surface area (Å²) < 4.78 is 26.9. The number of pyridine rings is 1. The molecule has 2 heterocycles. The zero-order chi connectivity index (χ0) is 27.3. The van der Waals surface area contributed by atoms with Crippen LogP contribution in [0.2, 0.25) is 5.15 Å². The molecule has 1 N–H and O–H groups in total. The lowest BCUT2D eigenvalue weighted by Gasteiger charge is -2.23. The molecule has 0 saturated heterocycles. The summed E-state index contributed by atoms with van der Waals surface area (Å²) in [5, 5.41) is 2.87. The first-order chi connectivity index (χ1) is 18.1. The van der Waals surface area contributed by atoms with E-state index in [0.717, 1.165) is 16.3 Å². The fourth-order valence-corrected chi connectivity index (χ4v) is 5.28. The number of aromatic nitrogens is 2. The number of carbonyl (C=O) groups excluding carboxylic acids is 2. The van der Waals surface area contributed by atoms with Crippen LogP contribution in [-0.2, 0) is 23.2 Å². The smallest absolute Gasteiger partial charge is 0.303 e. The Morgan fingerprint density at radius 3 is 2.47 bits per heavy atom. The fourth-order valence-electron chi connectivity index (χ4n) is 3.77. The number of aryl methyl sites for hydroxylation is 1. The van der Waals surface area contributed by atoms with Crippen molar-refractivity contribution in [1.82, 2.24) is 23.9 Å². The number of hydrogen-bond donors (Lipinski definition) is 1. The van der Waals surface area contributed by atoms with E-state index in [0.29, 0.717) is 34.4 Å². The van der Waals surface area contributed by atoms with Gasteiger partial charge < -0.3 is 4.90 Å². The minimum absolute atomic E-state index is 0.0375. The summed E-state index contributed by atoms with van der Waals surface area (Å²) in [6, 6.07) is 18.8. The van der Waals surface area contributed by atoms with E-state index < -0.39 is 16.1 Å². The number of thiazole rings is 1. The molecule has 0 radical (unpaired) electrons. The lowest BCUT2D eigenvalue weighted by Crippen LogP contribution is -2.39. The van der Waals surface area contributed by atoms with Gasteiger partial charge in [-0.15, -0.1) is 11.3 Å². The minimum Gasteiger partial charge on any atom is -0.332 e. The van der Waals surface area contributed by atoms with Crippen LogP contribution in [0.4, 0.5) is 0 Å². The van der Waals surface area contributed by atoms with Crippen LogP contribution >= 0.6 is 22.9 Å². The van der Waals surface area contributed by atoms with E-state index >= 15 is 0 Å². The Kier molecular flexibility index (Phi) is 8.72. The Hall–Kier alpha value is -3.38. The molecule has 38 heavy (non-hydrogen) atoms. The summed E-state index contributed by atoms with van der Waals surface area (Å²) in [6.07, 6.45) is 1.47. The summed E-state index contributed by atoms with van der Waals surface area (Å²) in [5.41, 5.74) is 2.16. The highest BCUT2D eigenvalue weighted by molar-refractivity contribution is 7.87. The van der Waals surface area contributed by atoms with Gasteiger partial charge in [0.2, 0.25) is 0 Å². The highest BCUT2D eigenvalue weighted by Crippen LogP contribution is 2.24. The van der Waals surface area contributed by atoms with Crippen molar-refractivity contribution >= 4 is 55.9 Å². The lowest BCUT2D eigenvalue weighted by molar-refractivity contribution is 0.0743. The van der Waals surface area contributed by atoms with Gasteiger partial charge in [0.1, 0.15) is 15.9 Å². The Balaban J connectivity index is 1.58. The van der Waals surface area contributed by atoms with Gasteiger partial charge in [-0.1, -0.05) is 60.1 Å². The molecule has 0 aliphatic rings. The van der Waals surface area contributed by atoms with Crippen LogP contribution in [0.1, 0.15) is 37.8 Å². The quantitative estimate of drug-likeness (QED) is 0.286. The third-order valence-electron chi connectivity index (χ3n) is 5.75. The molecule has 9 nitrogen and oxygen atoms in total. The molecule has 2 amide bonds. The van der Waals surface area contributed by atoms with E-state index in [1.807, 2.05) is 53.3 Å². The SMILES string of the molecule is CN(C)S(=O)(=O)NC(=O)c1csc(CN(CCCc2ccccc2)C(=O)c2cc(Cl)nc3ccccc23)n1. The predicted molar refractivity (Wildman–Crippen MR) is 148 cm³/mol. The number of rotatable bonds is 10. The maximum Gasteiger partial charge on any atom is 0.303 e. The van der Waals surface area contributed by atoms with Crippen molar-refractivity contribution in [2.24, 2.45) is 0 Å². The standard InChI is InChI=1S/C26H26ClN5O4S2/c1-31(2)38(35,36)30-25(33)22-17-37-24(29-22)16-32(14-8-11-18-9-4-3-5-10-18)26(34)20-15-23(27)28-21-13-7-6-12-19(20)21/h3-7,9-10,12-13,15,17H,8,11,14,16H2,1-2H3,(H,30,33). The van der Waals surface area contributed by atoms with E-state index in [1.165, 1.54) is 30.8 Å². The van der Waals surface area contributed by atoms with E-state index in [-0.39, 0.29) is 23.3 Å². The molecular weight excluding hydrogens is 546 g/mol. The Morgan fingerprint density at radius 2 is 1.74 bits per heavy atom. The number of hydrogen-bond acceptors (Lipinski definition) is 7. The van der Waals surface area contributed by atoms with Gasteiger partial charge >= 0.3 is 10.2 Å².